The Hall–Kier alpha value is -2.69. The molecule has 0 bridgehead atoms. The fraction of sp³-hybridized carbons (Fsp3) is 0.278. The zero-order valence-corrected chi connectivity index (χ0v) is 13.2. The number of phenolic OH excluding ortho intramolecular Hbond substituents is 2. The lowest BCUT2D eigenvalue weighted by Crippen LogP contribution is -2.01. The van der Waals surface area contributed by atoms with Crippen LogP contribution < -0.4 is 4.74 Å². The molecule has 5 nitrogen and oxygen atoms in total. The van der Waals surface area contributed by atoms with Crippen LogP contribution in [0, 0.1) is 0 Å². The molecule has 23 heavy (non-hydrogen) atoms. The summed E-state index contributed by atoms with van der Waals surface area (Å²) in [5, 5.41) is 20.2. The number of carbonyl (C=O) groups is 1. The Bertz CT molecular complexity index is 694. The lowest BCUT2D eigenvalue weighted by molar-refractivity contribution is 0.0601. The molecule has 2 aromatic rings. The van der Waals surface area contributed by atoms with E-state index < -0.39 is 5.97 Å². The number of aromatic hydroxyl groups is 2. The van der Waals surface area contributed by atoms with Gasteiger partial charge in [0.15, 0.2) is 0 Å². The predicted octanol–water partition coefficient (Wildman–Crippen LogP) is 3.73. The van der Waals surface area contributed by atoms with Gasteiger partial charge >= 0.3 is 5.97 Å². The van der Waals surface area contributed by atoms with Crippen LogP contribution in [-0.2, 0) is 4.74 Å². The van der Waals surface area contributed by atoms with Crippen molar-refractivity contribution in [1.29, 1.82) is 0 Å². The molecule has 0 aliphatic heterocycles. The van der Waals surface area contributed by atoms with Crippen LogP contribution >= 0.6 is 0 Å². The molecule has 0 unspecified atom stereocenters. The highest BCUT2D eigenvalue weighted by atomic mass is 16.5. The summed E-state index contributed by atoms with van der Waals surface area (Å²) in [5.74, 6) is -0.0162. The molecule has 0 aromatic heterocycles. The fourth-order valence-electron chi connectivity index (χ4n) is 2.16. The van der Waals surface area contributed by atoms with Crippen LogP contribution in [-0.4, -0.2) is 29.9 Å². The van der Waals surface area contributed by atoms with E-state index in [2.05, 4.69) is 11.7 Å². The van der Waals surface area contributed by atoms with E-state index in [1.165, 1.54) is 31.4 Å². The van der Waals surface area contributed by atoms with Gasteiger partial charge in [-0.15, -0.1) is 0 Å². The van der Waals surface area contributed by atoms with Gasteiger partial charge in [0.25, 0.3) is 0 Å². The van der Waals surface area contributed by atoms with Crippen LogP contribution in [0.5, 0.6) is 17.2 Å². The Labute approximate surface area is 135 Å². The van der Waals surface area contributed by atoms with E-state index in [0.717, 1.165) is 12.8 Å². The number of carbonyl (C=O) groups excluding carboxylic acids is 1. The molecule has 0 aliphatic carbocycles. The smallest absolute Gasteiger partial charge is 0.337 e. The van der Waals surface area contributed by atoms with Gasteiger partial charge < -0.3 is 19.7 Å². The van der Waals surface area contributed by atoms with E-state index in [0.29, 0.717) is 29.0 Å². The first kappa shape index (κ1) is 16.7. The Kier molecular flexibility index (Phi) is 5.46. The first-order chi connectivity index (χ1) is 11.1. The molecule has 122 valence electrons. The van der Waals surface area contributed by atoms with Crippen LogP contribution in [0.15, 0.2) is 36.4 Å². The van der Waals surface area contributed by atoms with E-state index in [-0.39, 0.29) is 11.5 Å². The van der Waals surface area contributed by atoms with Crippen LogP contribution in [0.1, 0.15) is 30.1 Å². The highest BCUT2D eigenvalue weighted by Gasteiger charge is 2.14. The van der Waals surface area contributed by atoms with Crippen molar-refractivity contribution in [3.8, 4) is 28.4 Å². The Balaban J connectivity index is 2.32. The number of hydrogen-bond donors (Lipinski definition) is 2. The predicted molar refractivity (Wildman–Crippen MR) is 87.0 cm³/mol. The molecule has 0 saturated heterocycles. The van der Waals surface area contributed by atoms with Gasteiger partial charge in [-0.1, -0.05) is 13.3 Å². The van der Waals surface area contributed by atoms with Crippen molar-refractivity contribution in [3.05, 3.63) is 42.0 Å². The highest BCUT2D eigenvalue weighted by Crippen LogP contribution is 2.37. The van der Waals surface area contributed by atoms with Crippen LogP contribution in [0.2, 0.25) is 0 Å². The van der Waals surface area contributed by atoms with Crippen molar-refractivity contribution in [1.82, 2.24) is 0 Å². The van der Waals surface area contributed by atoms with Crippen LogP contribution in [0.3, 0.4) is 0 Å². The lowest BCUT2D eigenvalue weighted by atomic mass is 10.0. The molecule has 0 fully saturated rings. The number of unbranched alkanes of at least 4 members (excludes halogenated alkanes) is 1. The summed E-state index contributed by atoms with van der Waals surface area (Å²) in [6.07, 6.45) is 1.96. The minimum absolute atomic E-state index is 0.0312. The molecule has 0 aliphatic rings. The number of methoxy groups -OCH3 is 1. The van der Waals surface area contributed by atoms with Gasteiger partial charge in [0.05, 0.1) is 19.3 Å². The SMILES string of the molecule is CCCCOc1ccc(-c2cc(C(=O)OC)ccc2O)c(O)c1. The molecule has 0 radical (unpaired) electrons. The third-order valence-electron chi connectivity index (χ3n) is 3.44. The second-order valence-corrected chi connectivity index (χ2v) is 5.10. The molecule has 5 heteroatoms. The van der Waals surface area contributed by atoms with E-state index in [1.54, 1.807) is 12.1 Å². The average Bonchev–Trinajstić information content (AvgIpc) is 2.55. The van der Waals surface area contributed by atoms with Crippen molar-refractivity contribution < 1.29 is 24.5 Å². The van der Waals surface area contributed by atoms with Crippen molar-refractivity contribution >= 4 is 5.97 Å². The number of ether oxygens (including phenoxy) is 2. The third-order valence-corrected chi connectivity index (χ3v) is 3.44. The van der Waals surface area contributed by atoms with Gasteiger partial charge in [-0.05, 0) is 36.8 Å². The fourth-order valence-corrected chi connectivity index (χ4v) is 2.16. The minimum atomic E-state index is -0.509. The van der Waals surface area contributed by atoms with Crippen molar-refractivity contribution in [2.24, 2.45) is 0 Å². The summed E-state index contributed by atoms with van der Waals surface area (Å²) in [6, 6.07) is 9.20. The number of esters is 1. The van der Waals surface area contributed by atoms with E-state index in [1.807, 2.05) is 0 Å². The first-order valence-electron chi connectivity index (χ1n) is 7.44. The normalized spacial score (nSPS) is 10.3. The maximum absolute atomic E-state index is 11.6. The maximum Gasteiger partial charge on any atom is 0.337 e. The van der Waals surface area contributed by atoms with Gasteiger partial charge in [-0.2, -0.15) is 0 Å². The largest absolute Gasteiger partial charge is 0.507 e. The minimum Gasteiger partial charge on any atom is -0.507 e. The molecule has 2 aromatic carbocycles. The van der Waals surface area contributed by atoms with Gasteiger partial charge in [-0.25, -0.2) is 4.79 Å². The maximum atomic E-state index is 11.6. The van der Waals surface area contributed by atoms with Gasteiger partial charge in [0.2, 0.25) is 0 Å². The van der Waals surface area contributed by atoms with Gasteiger partial charge in [-0.3, -0.25) is 0 Å². The summed E-state index contributed by atoms with van der Waals surface area (Å²) in [5.41, 5.74) is 1.06. The van der Waals surface area contributed by atoms with Crippen molar-refractivity contribution in [2.75, 3.05) is 13.7 Å². The molecule has 0 spiro atoms. The summed E-state index contributed by atoms with van der Waals surface area (Å²) >= 11 is 0. The molecular formula is C18H20O5. The number of hydrogen-bond acceptors (Lipinski definition) is 5. The molecule has 2 rings (SSSR count). The topological polar surface area (TPSA) is 76.0 Å². The second kappa shape index (κ2) is 7.54. The molecular weight excluding hydrogens is 296 g/mol. The zero-order chi connectivity index (χ0) is 16.8. The molecule has 0 heterocycles. The standard InChI is InChI=1S/C18H20O5/c1-3-4-9-23-13-6-7-14(17(20)11-13)15-10-12(18(21)22-2)5-8-16(15)19/h5-8,10-11,19-20H,3-4,9H2,1-2H3. The van der Waals surface area contributed by atoms with E-state index in [9.17, 15) is 15.0 Å². The molecule has 0 amide bonds. The van der Waals surface area contributed by atoms with Crippen LogP contribution in [0.25, 0.3) is 11.1 Å². The van der Waals surface area contributed by atoms with Gasteiger partial charge in [0, 0.05) is 17.2 Å². The second-order valence-electron chi connectivity index (χ2n) is 5.10. The third kappa shape index (κ3) is 3.94. The Morgan fingerprint density at radius 3 is 2.48 bits per heavy atom. The van der Waals surface area contributed by atoms with Crippen molar-refractivity contribution in [3.63, 3.8) is 0 Å². The van der Waals surface area contributed by atoms with E-state index in [4.69, 9.17) is 4.74 Å². The van der Waals surface area contributed by atoms with Gasteiger partial charge in [0.1, 0.15) is 17.2 Å². The summed E-state index contributed by atoms with van der Waals surface area (Å²) < 4.78 is 10.2. The zero-order valence-electron chi connectivity index (χ0n) is 13.2. The monoisotopic (exact) mass is 316 g/mol. The average molecular weight is 316 g/mol. The Morgan fingerprint density at radius 2 is 1.83 bits per heavy atom. The number of phenols is 2. The number of benzene rings is 2. The quantitative estimate of drug-likeness (QED) is 0.627. The lowest BCUT2D eigenvalue weighted by Gasteiger charge is -2.11. The summed E-state index contributed by atoms with van der Waals surface area (Å²) in [7, 11) is 1.29. The summed E-state index contributed by atoms with van der Waals surface area (Å²) in [4.78, 5) is 11.6. The Morgan fingerprint density at radius 1 is 1.04 bits per heavy atom. The van der Waals surface area contributed by atoms with Crippen LogP contribution in [0.4, 0.5) is 0 Å². The number of rotatable bonds is 6. The highest BCUT2D eigenvalue weighted by molar-refractivity contribution is 5.92. The first-order valence-corrected chi connectivity index (χ1v) is 7.44. The molecule has 0 saturated carbocycles. The van der Waals surface area contributed by atoms with E-state index >= 15 is 0 Å². The summed E-state index contributed by atoms with van der Waals surface area (Å²) in [6.45, 7) is 2.65. The molecule has 2 N–H and O–H groups in total. The van der Waals surface area contributed by atoms with Crippen molar-refractivity contribution in [2.45, 2.75) is 19.8 Å². The molecule has 0 atom stereocenters.